The van der Waals surface area contributed by atoms with Crippen molar-refractivity contribution in [2.45, 2.75) is 49.7 Å². The van der Waals surface area contributed by atoms with E-state index in [9.17, 15) is 5.11 Å². The van der Waals surface area contributed by atoms with Gasteiger partial charge in [-0.2, -0.15) is 0 Å². The van der Waals surface area contributed by atoms with E-state index < -0.39 is 5.60 Å². The molecule has 1 aromatic rings. The second-order valence-corrected chi connectivity index (χ2v) is 6.28. The molecule has 4 fully saturated rings. The fraction of sp³-hybridized carbons (Fsp3) is 0.833. The summed E-state index contributed by atoms with van der Waals surface area (Å²) in [6.07, 6.45) is 10.4. The van der Waals surface area contributed by atoms with Crippen molar-refractivity contribution >= 4 is 0 Å². The quantitative estimate of drug-likeness (QED) is 0.775. The van der Waals surface area contributed by atoms with Crippen LogP contribution in [-0.4, -0.2) is 25.5 Å². The highest BCUT2D eigenvalue weighted by Gasteiger charge is 2.57. The van der Waals surface area contributed by atoms with Crippen LogP contribution < -0.4 is 0 Å². The molecule has 16 heavy (non-hydrogen) atoms. The average Bonchev–Trinajstić information content (AvgIpc) is 2.65. The minimum absolute atomic E-state index is 0.127. The molecular formula is C12H17N3O. The Morgan fingerprint density at radius 1 is 1.06 bits per heavy atom. The van der Waals surface area contributed by atoms with Crippen LogP contribution >= 0.6 is 0 Å². The van der Waals surface area contributed by atoms with Gasteiger partial charge in [-0.05, 0) is 50.4 Å². The summed E-state index contributed by atoms with van der Waals surface area (Å²) in [5.74, 6) is 1.43. The molecule has 4 heteroatoms. The van der Waals surface area contributed by atoms with Crippen LogP contribution in [-0.2, 0) is 5.54 Å². The highest BCUT2D eigenvalue weighted by Crippen LogP contribution is 2.60. The smallest absolute Gasteiger partial charge is 0.119 e. The topological polar surface area (TPSA) is 50.9 Å². The van der Waals surface area contributed by atoms with Gasteiger partial charge in [-0.25, -0.2) is 0 Å². The molecule has 5 rings (SSSR count). The lowest BCUT2D eigenvalue weighted by Crippen LogP contribution is -2.59. The van der Waals surface area contributed by atoms with Crippen LogP contribution in [0.15, 0.2) is 12.7 Å². The number of hydrogen-bond acceptors (Lipinski definition) is 3. The Bertz CT molecular complexity index is 400. The summed E-state index contributed by atoms with van der Waals surface area (Å²) in [6.45, 7) is 0. The lowest BCUT2D eigenvalue weighted by molar-refractivity contribution is -0.156. The fourth-order valence-electron chi connectivity index (χ4n) is 4.91. The molecule has 1 aromatic heterocycles. The first-order chi connectivity index (χ1) is 7.68. The zero-order chi connectivity index (χ0) is 10.8. The summed E-state index contributed by atoms with van der Waals surface area (Å²) in [5.41, 5.74) is -0.267. The van der Waals surface area contributed by atoms with Crippen LogP contribution in [0.3, 0.4) is 0 Å². The van der Waals surface area contributed by atoms with Crippen LogP contribution in [0.2, 0.25) is 0 Å². The summed E-state index contributed by atoms with van der Waals surface area (Å²) < 4.78 is 2.16. The van der Waals surface area contributed by atoms with Gasteiger partial charge in [-0.15, -0.1) is 10.2 Å². The molecule has 4 nitrogen and oxygen atoms in total. The normalized spacial score (nSPS) is 49.8. The van der Waals surface area contributed by atoms with E-state index in [1.807, 2.05) is 12.7 Å². The summed E-state index contributed by atoms with van der Waals surface area (Å²) in [7, 11) is 0. The molecule has 0 unspecified atom stereocenters. The molecule has 0 radical (unpaired) electrons. The van der Waals surface area contributed by atoms with Gasteiger partial charge in [0.15, 0.2) is 0 Å². The summed E-state index contributed by atoms with van der Waals surface area (Å²) in [5, 5.41) is 18.5. The molecule has 4 aliphatic rings. The van der Waals surface area contributed by atoms with Crippen LogP contribution in [0.4, 0.5) is 0 Å². The van der Waals surface area contributed by atoms with Crippen molar-refractivity contribution in [1.29, 1.82) is 0 Å². The third-order valence-electron chi connectivity index (χ3n) is 4.97. The van der Waals surface area contributed by atoms with E-state index in [0.717, 1.165) is 19.3 Å². The van der Waals surface area contributed by atoms with Gasteiger partial charge >= 0.3 is 0 Å². The second kappa shape index (κ2) is 2.67. The van der Waals surface area contributed by atoms with Crippen molar-refractivity contribution in [3.8, 4) is 0 Å². The minimum Gasteiger partial charge on any atom is -0.390 e. The third kappa shape index (κ3) is 1.08. The first-order valence-corrected chi connectivity index (χ1v) is 6.25. The standard InChI is InChI=1S/C12H17N3O/c16-12-4-9-1-10(5-12)3-11(2-9,6-12)15-7-13-14-8-15/h7-10,16H,1-6H2/t9-,10-,11?,12?/m0/s1. The SMILES string of the molecule is OC12C[C@H]3C[C@H](C1)CC(n1cnnc1)(C3)C2. The summed E-state index contributed by atoms with van der Waals surface area (Å²) in [6, 6.07) is 0. The maximum absolute atomic E-state index is 10.6. The van der Waals surface area contributed by atoms with Crippen molar-refractivity contribution in [3.63, 3.8) is 0 Å². The molecule has 0 saturated heterocycles. The largest absolute Gasteiger partial charge is 0.390 e. The lowest BCUT2D eigenvalue weighted by Gasteiger charge is -2.60. The molecule has 86 valence electrons. The minimum atomic E-state index is -0.394. The Labute approximate surface area is 94.7 Å². The molecule has 0 amide bonds. The molecule has 0 aromatic carbocycles. The average molecular weight is 219 g/mol. The zero-order valence-electron chi connectivity index (χ0n) is 9.34. The predicted molar refractivity (Wildman–Crippen MR) is 57.6 cm³/mol. The second-order valence-electron chi connectivity index (χ2n) is 6.28. The zero-order valence-corrected chi connectivity index (χ0v) is 9.34. The van der Waals surface area contributed by atoms with Crippen molar-refractivity contribution in [3.05, 3.63) is 12.7 Å². The van der Waals surface area contributed by atoms with Gasteiger partial charge in [0, 0.05) is 0 Å². The van der Waals surface area contributed by atoms with Crippen LogP contribution in [0.25, 0.3) is 0 Å². The molecule has 4 saturated carbocycles. The van der Waals surface area contributed by atoms with Gasteiger partial charge in [0.1, 0.15) is 12.7 Å². The van der Waals surface area contributed by atoms with Crippen molar-refractivity contribution < 1.29 is 5.11 Å². The van der Waals surface area contributed by atoms with E-state index in [1.54, 1.807) is 0 Å². The number of hydrogen-bond donors (Lipinski definition) is 1. The highest BCUT2D eigenvalue weighted by atomic mass is 16.3. The van der Waals surface area contributed by atoms with E-state index in [1.165, 1.54) is 19.3 Å². The van der Waals surface area contributed by atoms with Crippen LogP contribution in [0, 0.1) is 11.8 Å². The Balaban J connectivity index is 1.80. The monoisotopic (exact) mass is 219 g/mol. The molecule has 4 aliphatic carbocycles. The third-order valence-corrected chi connectivity index (χ3v) is 4.97. The number of nitrogens with zero attached hydrogens (tertiary/aromatic N) is 3. The maximum Gasteiger partial charge on any atom is 0.119 e. The van der Waals surface area contributed by atoms with Gasteiger partial charge in [0.05, 0.1) is 11.1 Å². The summed E-state index contributed by atoms with van der Waals surface area (Å²) in [4.78, 5) is 0. The van der Waals surface area contributed by atoms with E-state index in [2.05, 4.69) is 14.8 Å². The predicted octanol–water partition coefficient (Wildman–Crippen LogP) is 1.32. The van der Waals surface area contributed by atoms with Gasteiger partial charge < -0.3 is 9.67 Å². The number of aliphatic hydroxyl groups is 1. The van der Waals surface area contributed by atoms with Crippen molar-refractivity contribution in [2.75, 3.05) is 0 Å². The molecule has 1 N–H and O–H groups in total. The molecule has 0 aliphatic heterocycles. The van der Waals surface area contributed by atoms with E-state index in [4.69, 9.17) is 0 Å². The molecule has 2 atom stereocenters. The lowest BCUT2D eigenvalue weighted by atomic mass is 9.51. The van der Waals surface area contributed by atoms with E-state index in [-0.39, 0.29) is 5.54 Å². The first kappa shape index (κ1) is 9.16. The molecule has 4 bridgehead atoms. The Morgan fingerprint density at radius 2 is 1.69 bits per heavy atom. The number of aromatic nitrogens is 3. The van der Waals surface area contributed by atoms with Crippen molar-refractivity contribution in [1.82, 2.24) is 14.8 Å². The van der Waals surface area contributed by atoms with Gasteiger partial charge in [-0.1, -0.05) is 0 Å². The fourth-order valence-corrected chi connectivity index (χ4v) is 4.91. The van der Waals surface area contributed by atoms with Crippen LogP contribution in [0.1, 0.15) is 38.5 Å². The number of rotatable bonds is 1. The van der Waals surface area contributed by atoms with Gasteiger partial charge in [0.25, 0.3) is 0 Å². The van der Waals surface area contributed by atoms with Crippen LogP contribution in [0.5, 0.6) is 0 Å². The molecule has 1 heterocycles. The Hall–Kier alpha value is -0.900. The Kier molecular flexibility index (Phi) is 1.53. The summed E-state index contributed by atoms with van der Waals surface area (Å²) >= 11 is 0. The van der Waals surface area contributed by atoms with Gasteiger partial charge in [-0.3, -0.25) is 0 Å². The Morgan fingerprint density at radius 3 is 2.25 bits per heavy atom. The highest BCUT2D eigenvalue weighted by molar-refractivity contribution is 5.11. The van der Waals surface area contributed by atoms with E-state index in [0.29, 0.717) is 11.8 Å². The molecular weight excluding hydrogens is 202 g/mol. The first-order valence-electron chi connectivity index (χ1n) is 6.25. The van der Waals surface area contributed by atoms with Crippen molar-refractivity contribution in [2.24, 2.45) is 11.8 Å². The maximum atomic E-state index is 10.6. The van der Waals surface area contributed by atoms with Gasteiger partial charge in [0.2, 0.25) is 0 Å². The van der Waals surface area contributed by atoms with E-state index >= 15 is 0 Å². The molecule has 0 spiro atoms.